The summed E-state index contributed by atoms with van der Waals surface area (Å²) < 4.78 is 40.6. The molecule has 1 fully saturated rings. The molecule has 1 saturated heterocycles. The highest BCUT2D eigenvalue weighted by Crippen LogP contribution is 2.28. The molecule has 2 aromatic rings. The van der Waals surface area contributed by atoms with Gasteiger partial charge in [0, 0.05) is 12.2 Å². The van der Waals surface area contributed by atoms with Crippen LogP contribution in [0.5, 0.6) is 5.75 Å². The highest BCUT2D eigenvalue weighted by atomic mass is 19.4. The largest absolute Gasteiger partial charge is 0.573 e. The molecule has 0 spiro atoms. The monoisotopic (exact) mass is 380 g/mol. The van der Waals surface area contributed by atoms with Crippen LogP contribution in [0.25, 0.3) is 11.1 Å². The number of hydrazine groups is 1. The molecule has 5 N–H and O–H groups in total. The molecule has 0 aromatic heterocycles. The van der Waals surface area contributed by atoms with Crippen LogP contribution in [0.15, 0.2) is 42.5 Å². The van der Waals surface area contributed by atoms with E-state index in [1.807, 2.05) is 0 Å². The summed E-state index contributed by atoms with van der Waals surface area (Å²) >= 11 is 0. The first-order chi connectivity index (χ1) is 12.7. The van der Waals surface area contributed by atoms with E-state index < -0.39 is 12.3 Å². The Bertz CT molecular complexity index is 818. The number of halogens is 3. The fourth-order valence-corrected chi connectivity index (χ4v) is 2.95. The minimum absolute atomic E-state index is 0.112. The van der Waals surface area contributed by atoms with Crippen molar-refractivity contribution in [3.63, 3.8) is 0 Å². The lowest BCUT2D eigenvalue weighted by Crippen LogP contribution is -2.46. The number of alkyl halides is 3. The molecule has 0 aliphatic carbocycles. The average molecular weight is 380 g/mol. The van der Waals surface area contributed by atoms with Crippen molar-refractivity contribution in [2.75, 3.05) is 18.8 Å². The van der Waals surface area contributed by atoms with Crippen LogP contribution in [0, 0.1) is 0 Å². The normalized spacial score (nSPS) is 17.0. The summed E-state index contributed by atoms with van der Waals surface area (Å²) in [5.41, 5.74) is 7.71. The number of nitrogens with zero attached hydrogens (tertiary/aromatic N) is 1. The van der Waals surface area contributed by atoms with Gasteiger partial charge in [-0.05, 0) is 48.4 Å². The van der Waals surface area contributed by atoms with E-state index in [0.29, 0.717) is 17.7 Å². The summed E-state index contributed by atoms with van der Waals surface area (Å²) in [6.07, 6.45) is -4.00. The second kappa shape index (κ2) is 7.45. The van der Waals surface area contributed by atoms with Crippen molar-refractivity contribution in [1.29, 1.82) is 0 Å². The van der Waals surface area contributed by atoms with E-state index in [1.165, 1.54) is 29.3 Å². The number of nitrogens with two attached hydrogens (primary N) is 2. The van der Waals surface area contributed by atoms with E-state index >= 15 is 0 Å². The maximum atomic E-state index is 12.7. The summed E-state index contributed by atoms with van der Waals surface area (Å²) in [6.45, 7) is 1.40. The molecule has 0 radical (unpaired) electrons. The number of hydrogen-bond acceptors (Lipinski definition) is 5. The molecule has 144 valence electrons. The molecular formula is C18H19F3N4O2. The zero-order chi connectivity index (χ0) is 19.6. The highest BCUT2D eigenvalue weighted by molar-refractivity contribution is 6.00. The molecule has 1 heterocycles. The van der Waals surface area contributed by atoms with Gasteiger partial charge in [0.1, 0.15) is 5.75 Å². The van der Waals surface area contributed by atoms with E-state index in [9.17, 15) is 18.0 Å². The second-order valence-corrected chi connectivity index (χ2v) is 6.23. The highest BCUT2D eigenvalue weighted by Gasteiger charge is 2.31. The maximum Gasteiger partial charge on any atom is 0.573 e. The molecule has 6 nitrogen and oxygen atoms in total. The van der Waals surface area contributed by atoms with E-state index in [2.05, 4.69) is 10.1 Å². The molecule has 0 bridgehead atoms. The lowest BCUT2D eigenvalue weighted by atomic mass is 10.0. The molecule has 1 aliphatic heterocycles. The number of ether oxygens (including phenoxy) is 1. The number of carbonyl (C=O) groups excluding carboxylic acids is 1. The predicted molar refractivity (Wildman–Crippen MR) is 94.6 cm³/mol. The molecule has 9 heteroatoms. The summed E-state index contributed by atoms with van der Waals surface area (Å²) in [6, 6.07) is 10.1. The lowest BCUT2D eigenvalue weighted by molar-refractivity contribution is -0.274. The maximum absolute atomic E-state index is 12.7. The Balaban J connectivity index is 1.83. The molecule has 3 rings (SSSR count). The van der Waals surface area contributed by atoms with Crippen LogP contribution in [0.4, 0.5) is 18.9 Å². The number of nitrogens with one attached hydrogen (secondary N) is 1. The van der Waals surface area contributed by atoms with Gasteiger partial charge in [-0.15, -0.1) is 13.2 Å². The minimum atomic E-state index is -4.75. The molecular weight excluding hydrogens is 361 g/mol. The number of rotatable bonds is 4. The Labute approximate surface area is 153 Å². The van der Waals surface area contributed by atoms with Crippen LogP contribution in [-0.2, 0) is 0 Å². The van der Waals surface area contributed by atoms with Crippen LogP contribution in [-0.4, -0.2) is 36.4 Å². The third-order valence-electron chi connectivity index (χ3n) is 4.37. The van der Waals surface area contributed by atoms with Gasteiger partial charge >= 0.3 is 6.36 Å². The quantitative estimate of drug-likeness (QED) is 0.328. The van der Waals surface area contributed by atoms with Gasteiger partial charge in [0.05, 0.1) is 11.6 Å². The third kappa shape index (κ3) is 4.50. The summed E-state index contributed by atoms with van der Waals surface area (Å²) in [4.78, 5) is 12.7. The fraction of sp³-hybridized carbons (Fsp3) is 0.278. The first-order valence-corrected chi connectivity index (χ1v) is 8.29. The summed E-state index contributed by atoms with van der Waals surface area (Å²) in [5, 5.41) is 4.31. The van der Waals surface area contributed by atoms with Crippen molar-refractivity contribution in [1.82, 2.24) is 10.3 Å². The summed E-state index contributed by atoms with van der Waals surface area (Å²) in [5.74, 6) is 5.23. The first-order valence-electron chi connectivity index (χ1n) is 8.29. The molecule has 1 aliphatic rings. The Kier molecular flexibility index (Phi) is 5.24. The van der Waals surface area contributed by atoms with Crippen LogP contribution in [0.1, 0.15) is 16.8 Å². The Morgan fingerprint density at radius 1 is 1.15 bits per heavy atom. The zero-order valence-electron chi connectivity index (χ0n) is 14.3. The number of hydrogen-bond donors (Lipinski definition) is 3. The Morgan fingerprint density at radius 3 is 2.41 bits per heavy atom. The van der Waals surface area contributed by atoms with Crippen molar-refractivity contribution >= 4 is 11.6 Å². The van der Waals surface area contributed by atoms with Gasteiger partial charge in [-0.2, -0.15) is 0 Å². The second-order valence-electron chi connectivity index (χ2n) is 6.23. The molecule has 1 atom stereocenters. The number of carbonyl (C=O) groups is 1. The van der Waals surface area contributed by atoms with Gasteiger partial charge in [0.15, 0.2) is 0 Å². The smallest absolute Gasteiger partial charge is 0.406 e. The fourth-order valence-electron chi connectivity index (χ4n) is 2.95. The van der Waals surface area contributed by atoms with Gasteiger partial charge in [0.2, 0.25) is 0 Å². The first kappa shape index (κ1) is 19.0. The topological polar surface area (TPSA) is 93.6 Å². The van der Waals surface area contributed by atoms with Crippen molar-refractivity contribution < 1.29 is 22.7 Å². The van der Waals surface area contributed by atoms with Gasteiger partial charge in [-0.1, -0.05) is 18.2 Å². The number of nitrogen functional groups attached to an aromatic ring is 1. The van der Waals surface area contributed by atoms with Crippen LogP contribution in [0.2, 0.25) is 0 Å². The van der Waals surface area contributed by atoms with Crippen LogP contribution in [0.3, 0.4) is 0 Å². The number of anilines is 1. The van der Waals surface area contributed by atoms with Crippen molar-refractivity contribution in [2.24, 2.45) is 5.84 Å². The minimum Gasteiger partial charge on any atom is -0.406 e. The van der Waals surface area contributed by atoms with Gasteiger partial charge < -0.3 is 15.8 Å². The molecule has 0 saturated carbocycles. The van der Waals surface area contributed by atoms with Gasteiger partial charge in [-0.3, -0.25) is 9.80 Å². The van der Waals surface area contributed by atoms with E-state index in [4.69, 9.17) is 11.6 Å². The molecule has 2 aromatic carbocycles. The molecule has 27 heavy (non-hydrogen) atoms. The van der Waals surface area contributed by atoms with Crippen LogP contribution >= 0.6 is 0 Å². The lowest BCUT2D eigenvalue weighted by Gasteiger charge is -2.24. The van der Waals surface area contributed by atoms with E-state index in [-0.39, 0.29) is 23.0 Å². The van der Waals surface area contributed by atoms with Gasteiger partial charge in [-0.25, -0.2) is 5.84 Å². The Hall–Kier alpha value is -2.78. The van der Waals surface area contributed by atoms with E-state index in [0.717, 1.165) is 13.0 Å². The molecule has 1 amide bonds. The van der Waals surface area contributed by atoms with Crippen molar-refractivity contribution in [3.8, 4) is 16.9 Å². The van der Waals surface area contributed by atoms with Crippen molar-refractivity contribution in [2.45, 2.75) is 18.8 Å². The summed E-state index contributed by atoms with van der Waals surface area (Å²) in [7, 11) is 0. The number of amides is 1. The SMILES string of the molecule is Nc1ccc(-c2ccc(OC(F)(F)F)cc2)cc1C(=O)N(N)C1CCNC1. The molecule has 1 unspecified atom stereocenters. The third-order valence-corrected chi connectivity index (χ3v) is 4.37. The Morgan fingerprint density at radius 2 is 1.81 bits per heavy atom. The average Bonchev–Trinajstić information content (AvgIpc) is 3.15. The zero-order valence-corrected chi connectivity index (χ0v) is 14.3. The number of benzene rings is 2. The van der Waals surface area contributed by atoms with Crippen molar-refractivity contribution in [3.05, 3.63) is 48.0 Å². The van der Waals surface area contributed by atoms with Crippen LogP contribution < -0.4 is 21.6 Å². The standard InChI is InChI=1S/C18H19F3N4O2/c19-18(20,21)27-14-4-1-11(2-5-14)12-3-6-16(22)15(9-12)17(26)25(23)13-7-8-24-10-13/h1-6,9,13,24H,7-8,10,22-23H2. The predicted octanol–water partition coefficient (Wildman–Crippen LogP) is 2.51. The van der Waals surface area contributed by atoms with Gasteiger partial charge in [0.25, 0.3) is 5.91 Å². The van der Waals surface area contributed by atoms with E-state index in [1.54, 1.807) is 18.2 Å².